The minimum absolute atomic E-state index is 0.0432. The minimum Gasteiger partial charge on any atom is -0.477 e. The Morgan fingerprint density at radius 3 is 2.66 bits per heavy atom. The van der Waals surface area contributed by atoms with Gasteiger partial charge in [-0.25, -0.2) is 23.5 Å². The highest BCUT2D eigenvalue weighted by Gasteiger charge is 2.31. The maximum atomic E-state index is 15.6. The number of nitrogens with zero attached hydrogens (tertiary/aromatic N) is 5. The Hall–Kier alpha value is -4.58. The summed E-state index contributed by atoms with van der Waals surface area (Å²) >= 11 is 0. The van der Waals surface area contributed by atoms with Crippen LogP contribution in [0.4, 0.5) is 20.2 Å². The summed E-state index contributed by atoms with van der Waals surface area (Å²) in [5.74, 6) is -3.31. The Labute approximate surface area is 233 Å². The number of nitrogens with one attached hydrogen (secondary N) is 2. The van der Waals surface area contributed by atoms with Crippen molar-refractivity contribution >= 4 is 50.3 Å². The first-order chi connectivity index (χ1) is 19.6. The number of pyridine rings is 3. The summed E-state index contributed by atoms with van der Waals surface area (Å²) in [5, 5.41) is 13.2. The van der Waals surface area contributed by atoms with Crippen LogP contribution in [-0.4, -0.2) is 69.3 Å². The molecule has 10 nitrogen and oxygen atoms in total. The standard InChI is InChI=1S/C29H29F2N7O3/c1-32-19-10-18(30)23(31)21-22-25(38-8-6-5-7-20(38)36(2)3)16(12-33-27(22)35-24(19)21)14-9-15-26(39)17(29(40)41)13-37(4)28(15)34-11-14/h9-13,20,32H,5-8H2,1-4H3,(H,33,35)(H,40,41). The van der Waals surface area contributed by atoms with Crippen molar-refractivity contribution in [2.75, 3.05) is 37.9 Å². The first-order valence-electron chi connectivity index (χ1n) is 13.3. The van der Waals surface area contributed by atoms with Gasteiger partial charge in [0.15, 0.2) is 11.6 Å². The lowest BCUT2D eigenvalue weighted by Gasteiger charge is -2.42. The molecule has 0 aliphatic carbocycles. The van der Waals surface area contributed by atoms with E-state index < -0.39 is 23.0 Å². The van der Waals surface area contributed by atoms with Gasteiger partial charge in [0, 0.05) is 56.4 Å². The van der Waals surface area contributed by atoms with E-state index in [4.69, 9.17) is 0 Å². The van der Waals surface area contributed by atoms with Crippen LogP contribution < -0.4 is 15.6 Å². The molecule has 0 amide bonds. The molecule has 4 aromatic heterocycles. The number of carbonyl (C=O) groups is 1. The molecule has 1 fully saturated rings. The number of benzene rings is 1. The van der Waals surface area contributed by atoms with E-state index in [2.05, 4.69) is 30.1 Å². The van der Waals surface area contributed by atoms with Gasteiger partial charge in [0.1, 0.15) is 16.9 Å². The van der Waals surface area contributed by atoms with Crippen LogP contribution in [0.5, 0.6) is 0 Å². The summed E-state index contributed by atoms with van der Waals surface area (Å²) < 4.78 is 32.0. The van der Waals surface area contributed by atoms with E-state index in [0.29, 0.717) is 51.2 Å². The third kappa shape index (κ3) is 4.08. The number of halogens is 2. The van der Waals surface area contributed by atoms with Crippen LogP contribution in [0, 0.1) is 11.6 Å². The number of rotatable bonds is 5. The number of carboxylic acids is 1. The molecule has 1 saturated heterocycles. The number of aromatic nitrogens is 4. The molecule has 3 N–H and O–H groups in total. The van der Waals surface area contributed by atoms with Crippen LogP contribution in [-0.2, 0) is 7.05 Å². The molecular formula is C29H29F2N7O3. The number of piperidine rings is 1. The SMILES string of the molecule is CNc1cc(F)c(F)c2c1[nH]c1ncc(-c3cnc4c(c3)c(=O)c(C(=O)O)cn4C)c(N3CCCCC3N(C)C)c12. The predicted octanol–water partition coefficient (Wildman–Crippen LogP) is 4.53. The molecule has 0 radical (unpaired) electrons. The van der Waals surface area contributed by atoms with Crippen molar-refractivity contribution < 1.29 is 18.7 Å². The van der Waals surface area contributed by atoms with Gasteiger partial charge >= 0.3 is 5.97 Å². The van der Waals surface area contributed by atoms with Gasteiger partial charge in [-0.2, -0.15) is 0 Å². The van der Waals surface area contributed by atoms with Crippen LogP contribution in [0.2, 0.25) is 0 Å². The highest BCUT2D eigenvalue weighted by molar-refractivity contribution is 6.18. The summed E-state index contributed by atoms with van der Waals surface area (Å²) in [6, 6.07) is 2.71. The highest BCUT2D eigenvalue weighted by Crippen LogP contribution is 2.45. The predicted molar refractivity (Wildman–Crippen MR) is 155 cm³/mol. The molecule has 0 spiro atoms. The maximum absolute atomic E-state index is 15.6. The Bertz CT molecular complexity index is 1930. The number of anilines is 2. The van der Waals surface area contributed by atoms with Crippen molar-refractivity contribution in [3.63, 3.8) is 0 Å². The van der Waals surface area contributed by atoms with E-state index in [9.17, 15) is 19.1 Å². The van der Waals surface area contributed by atoms with Gasteiger partial charge in [0.25, 0.3) is 0 Å². The Morgan fingerprint density at radius 1 is 1.17 bits per heavy atom. The van der Waals surface area contributed by atoms with E-state index >= 15 is 4.39 Å². The molecule has 0 saturated carbocycles. The van der Waals surface area contributed by atoms with Crippen LogP contribution in [0.1, 0.15) is 29.6 Å². The molecular weight excluding hydrogens is 532 g/mol. The zero-order valence-electron chi connectivity index (χ0n) is 23.0. The topological polar surface area (TPSA) is 119 Å². The fourth-order valence-corrected chi connectivity index (χ4v) is 6.02. The van der Waals surface area contributed by atoms with Crippen LogP contribution >= 0.6 is 0 Å². The number of fused-ring (bicyclic) bond motifs is 4. The van der Waals surface area contributed by atoms with E-state index in [-0.39, 0.29) is 22.5 Å². The second-order valence-electron chi connectivity index (χ2n) is 10.6. The molecule has 1 aromatic carbocycles. The molecule has 1 atom stereocenters. The molecule has 5 aromatic rings. The van der Waals surface area contributed by atoms with Crippen molar-refractivity contribution in [3.8, 4) is 11.1 Å². The van der Waals surface area contributed by atoms with Gasteiger partial charge in [-0.1, -0.05) is 0 Å². The number of hydrogen-bond acceptors (Lipinski definition) is 7. The van der Waals surface area contributed by atoms with E-state index in [0.717, 1.165) is 25.3 Å². The van der Waals surface area contributed by atoms with Gasteiger partial charge in [0.2, 0.25) is 5.43 Å². The molecule has 1 unspecified atom stereocenters. The first kappa shape index (κ1) is 26.6. The van der Waals surface area contributed by atoms with Crippen molar-refractivity contribution in [2.45, 2.75) is 25.4 Å². The molecule has 12 heteroatoms. The summed E-state index contributed by atoms with van der Waals surface area (Å²) in [6.07, 6.45) is 7.19. The van der Waals surface area contributed by atoms with Crippen LogP contribution in [0.15, 0.2) is 35.5 Å². The van der Waals surface area contributed by atoms with Crippen LogP contribution in [0.3, 0.4) is 0 Å². The van der Waals surface area contributed by atoms with Gasteiger partial charge in [-0.3, -0.25) is 9.69 Å². The average molecular weight is 562 g/mol. The number of carboxylic acid groups (broad SMARTS) is 1. The molecule has 1 aliphatic rings. The Kier molecular flexibility index (Phi) is 6.37. The first-order valence-corrected chi connectivity index (χ1v) is 13.3. The average Bonchev–Trinajstić information content (AvgIpc) is 3.36. The molecule has 6 rings (SSSR count). The number of H-pyrrole nitrogens is 1. The molecule has 212 valence electrons. The van der Waals surface area contributed by atoms with Crippen molar-refractivity contribution in [2.24, 2.45) is 7.05 Å². The zero-order valence-corrected chi connectivity index (χ0v) is 23.0. The summed E-state index contributed by atoms with van der Waals surface area (Å²) in [5.41, 5.74) is 2.18. The Morgan fingerprint density at radius 2 is 1.95 bits per heavy atom. The maximum Gasteiger partial charge on any atom is 0.341 e. The number of aromatic carboxylic acids is 1. The summed E-state index contributed by atoms with van der Waals surface area (Å²) in [7, 11) is 7.21. The number of aryl methyl sites for hydroxylation is 1. The third-order valence-electron chi connectivity index (χ3n) is 7.94. The van der Waals surface area contributed by atoms with Crippen molar-refractivity contribution in [1.29, 1.82) is 0 Å². The minimum atomic E-state index is -1.33. The lowest BCUT2D eigenvalue weighted by molar-refractivity contribution is 0.0695. The monoisotopic (exact) mass is 561 g/mol. The summed E-state index contributed by atoms with van der Waals surface area (Å²) in [6.45, 7) is 0.656. The second kappa shape index (κ2) is 9.81. The number of hydrogen-bond donors (Lipinski definition) is 3. The van der Waals surface area contributed by atoms with Crippen molar-refractivity contribution in [3.05, 3.63) is 58.1 Å². The fourth-order valence-electron chi connectivity index (χ4n) is 6.02. The molecule has 41 heavy (non-hydrogen) atoms. The normalized spacial score (nSPS) is 15.9. The summed E-state index contributed by atoms with van der Waals surface area (Å²) in [4.78, 5) is 41.5. The Balaban J connectivity index is 1.74. The quantitative estimate of drug-likeness (QED) is 0.287. The lowest BCUT2D eigenvalue weighted by atomic mass is 9.98. The largest absolute Gasteiger partial charge is 0.477 e. The lowest BCUT2D eigenvalue weighted by Crippen LogP contribution is -2.48. The zero-order chi connectivity index (χ0) is 29.2. The van der Waals surface area contributed by atoms with Gasteiger partial charge < -0.3 is 24.9 Å². The van der Waals surface area contributed by atoms with E-state index in [1.165, 1.54) is 10.8 Å². The highest BCUT2D eigenvalue weighted by atomic mass is 19.2. The fraction of sp³-hybridized carbons (Fsp3) is 0.310. The molecule has 5 heterocycles. The van der Waals surface area contributed by atoms with E-state index in [1.54, 1.807) is 32.6 Å². The molecule has 0 bridgehead atoms. The van der Waals surface area contributed by atoms with Gasteiger partial charge in [-0.05, 0) is 39.4 Å². The molecule has 1 aliphatic heterocycles. The third-order valence-corrected chi connectivity index (χ3v) is 7.94. The second-order valence-corrected chi connectivity index (χ2v) is 10.6. The van der Waals surface area contributed by atoms with Gasteiger partial charge in [0.05, 0.1) is 39.2 Å². The van der Waals surface area contributed by atoms with E-state index in [1.807, 2.05) is 14.1 Å². The smallest absolute Gasteiger partial charge is 0.341 e. The van der Waals surface area contributed by atoms with Crippen LogP contribution in [0.25, 0.3) is 44.1 Å². The van der Waals surface area contributed by atoms with Gasteiger partial charge in [-0.15, -0.1) is 0 Å². The number of aromatic amines is 1. The van der Waals surface area contributed by atoms with Crippen molar-refractivity contribution in [1.82, 2.24) is 24.4 Å².